The molecule has 0 saturated carbocycles. The van der Waals surface area contributed by atoms with Crippen LogP contribution < -0.4 is 5.32 Å². The van der Waals surface area contributed by atoms with Gasteiger partial charge < -0.3 is 10.2 Å². The van der Waals surface area contributed by atoms with Crippen LogP contribution in [0.4, 0.5) is 4.79 Å². The molecule has 0 atom stereocenters. The molecule has 0 aromatic heterocycles. The van der Waals surface area contributed by atoms with Crippen molar-refractivity contribution in [2.24, 2.45) is 0 Å². The van der Waals surface area contributed by atoms with Gasteiger partial charge in [-0.25, -0.2) is 4.79 Å². The molecular weight excluding hydrogens is 294 g/mol. The molecule has 1 aromatic carbocycles. The Kier molecular flexibility index (Phi) is 5.91. The zero-order valence-corrected chi connectivity index (χ0v) is 13.2. The molecule has 1 aromatic rings. The predicted octanol–water partition coefficient (Wildman–Crippen LogP) is 1.49. The molecule has 0 bridgehead atoms. The molecule has 0 unspecified atom stereocenters. The van der Waals surface area contributed by atoms with Crippen LogP contribution in [0.25, 0.3) is 6.08 Å². The highest BCUT2D eigenvalue weighted by Gasteiger charge is 2.28. The zero-order valence-electron chi connectivity index (χ0n) is 13.2. The van der Waals surface area contributed by atoms with Gasteiger partial charge >= 0.3 is 6.03 Å². The predicted molar refractivity (Wildman–Crippen MR) is 87.5 cm³/mol. The highest BCUT2D eigenvalue weighted by molar-refractivity contribution is 6.00. The number of urea groups is 1. The Bertz CT molecular complexity index is 582. The van der Waals surface area contributed by atoms with E-state index in [4.69, 9.17) is 0 Å². The maximum Gasteiger partial charge on any atom is 0.324 e. The third-order valence-electron chi connectivity index (χ3n) is 3.62. The number of nitrogens with one attached hydrogen (secondary N) is 1. The van der Waals surface area contributed by atoms with Gasteiger partial charge in [-0.2, -0.15) is 0 Å². The average Bonchev–Trinajstić information content (AvgIpc) is 2.56. The van der Waals surface area contributed by atoms with Crippen LogP contribution in [0, 0.1) is 0 Å². The van der Waals surface area contributed by atoms with Crippen LogP contribution in [0.2, 0.25) is 0 Å². The third kappa shape index (κ3) is 4.67. The van der Waals surface area contributed by atoms with E-state index in [0.29, 0.717) is 19.6 Å². The van der Waals surface area contributed by atoms with Crippen molar-refractivity contribution in [2.75, 3.05) is 26.2 Å². The lowest BCUT2D eigenvalue weighted by molar-refractivity contribution is -0.138. The van der Waals surface area contributed by atoms with Gasteiger partial charge in [-0.1, -0.05) is 42.5 Å². The number of amides is 4. The lowest BCUT2D eigenvalue weighted by Gasteiger charge is -2.27. The first kappa shape index (κ1) is 16.7. The number of hydrogen-bond acceptors (Lipinski definition) is 3. The van der Waals surface area contributed by atoms with Gasteiger partial charge in [-0.15, -0.1) is 0 Å². The molecule has 122 valence electrons. The molecule has 6 heteroatoms. The number of rotatable bonds is 6. The molecule has 1 N–H and O–H groups in total. The maximum absolute atomic E-state index is 12.3. The molecule has 0 radical (unpaired) electrons. The number of hydrogen-bond donors (Lipinski definition) is 1. The summed E-state index contributed by atoms with van der Waals surface area (Å²) in [5.41, 5.74) is 1.06. The number of likely N-dealkylation sites (N-methyl/N-ethyl adjacent to an activating group) is 1. The van der Waals surface area contributed by atoms with Gasteiger partial charge in [0.05, 0.1) is 0 Å². The summed E-state index contributed by atoms with van der Waals surface area (Å²) >= 11 is 0. The Balaban J connectivity index is 1.92. The van der Waals surface area contributed by atoms with E-state index in [-0.39, 0.29) is 24.8 Å². The Morgan fingerprint density at radius 3 is 2.70 bits per heavy atom. The van der Waals surface area contributed by atoms with Crippen molar-refractivity contribution in [2.45, 2.75) is 13.3 Å². The second-order valence-corrected chi connectivity index (χ2v) is 5.21. The van der Waals surface area contributed by atoms with Crippen molar-refractivity contribution in [3.8, 4) is 0 Å². The minimum absolute atomic E-state index is 0.211. The van der Waals surface area contributed by atoms with Crippen LogP contribution in [0.3, 0.4) is 0 Å². The van der Waals surface area contributed by atoms with Crippen molar-refractivity contribution in [1.82, 2.24) is 15.1 Å². The Morgan fingerprint density at radius 1 is 1.30 bits per heavy atom. The summed E-state index contributed by atoms with van der Waals surface area (Å²) in [5, 5.41) is 2.57. The van der Waals surface area contributed by atoms with Gasteiger partial charge in [0.25, 0.3) is 0 Å². The molecule has 23 heavy (non-hydrogen) atoms. The first-order valence-corrected chi connectivity index (χ1v) is 7.69. The number of benzene rings is 1. The first-order chi connectivity index (χ1) is 11.1. The molecule has 1 fully saturated rings. The van der Waals surface area contributed by atoms with E-state index in [0.717, 1.165) is 10.5 Å². The largest absolute Gasteiger partial charge is 0.338 e. The average molecular weight is 315 g/mol. The second-order valence-electron chi connectivity index (χ2n) is 5.21. The lowest BCUT2D eigenvalue weighted by atomic mass is 10.2. The van der Waals surface area contributed by atoms with Crippen molar-refractivity contribution in [3.05, 3.63) is 42.0 Å². The van der Waals surface area contributed by atoms with Gasteiger partial charge in [-0.3, -0.25) is 14.5 Å². The topological polar surface area (TPSA) is 69.7 Å². The maximum atomic E-state index is 12.3. The zero-order chi connectivity index (χ0) is 16.7. The van der Waals surface area contributed by atoms with Gasteiger partial charge in [0.15, 0.2) is 0 Å². The van der Waals surface area contributed by atoms with Crippen LogP contribution in [-0.4, -0.2) is 53.8 Å². The summed E-state index contributed by atoms with van der Waals surface area (Å²) in [6.07, 6.45) is 4.07. The van der Waals surface area contributed by atoms with Gasteiger partial charge in [0.1, 0.15) is 6.54 Å². The van der Waals surface area contributed by atoms with E-state index in [9.17, 15) is 14.4 Å². The summed E-state index contributed by atoms with van der Waals surface area (Å²) in [7, 11) is 0. The first-order valence-electron chi connectivity index (χ1n) is 7.69. The Labute approximate surface area is 135 Å². The lowest BCUT2D eigenvalue weighted by Crippen LogP contribution is -2.53. The summed E-state index contributed by atoms with van der Waals surface area (Å²) < 4.78 is 0. The SMILES string of the molecule is CCN(CC=Cc1ccccc1)C(=O)CN1C(=O)CCNC1=O. The molecule has 1 saturated heterocycles. The standard InChI is InChI=1S/C17H21N3O3/c1-2-19(12-6-9-14-7-4-3-5-8-14)16(22)13-20-15(21)10-11-18-17(20)23/h3-9H,2,10-13H2,1H3,(H,18,23). The molecule has 0 spiro atoms. The molecule has 6 nitrogen and oxygen atoms in total. The van der Waals surface area contributed by atoms with Crippen LogP contribution >= 0.6 is 0 Å². The summed E-state index contributed by atoms with van der Waals surface area (Å²) in [6.45, 7) is 2.94. The van der Waals surface area contributed by atoms with Crippen LogP contribution in [-0.2, 0) is 9.59 Å². The number of carbonyl (C=O) groups excluding carboxylic acids is 3. The van der Waals surface area contributed by atoms with Crippen LogP contribution in [0.5, 0.6) is 0 Å². The Hall–Kier alpha value is -2.63. The molecule has 1 aliphatic rings. The van der Waals surface area contributed by atoms with E-state index in [2.05, 4.69) is 5.32 Å². The van der Waals surface area contributed by atoms with E-state index < -0.39 is 6.03 Å². The fourth-order valence-corrected chi connectivity index (χ4v) is 2.30. The molecule has 1 aliphatic heterocycles. The molecule has 4 amide bonds. The summed E-state index contributed by atoms with van der Waals surface area (Å²) in [6, 6.07) is 9.30. The minimum Gasteiger partial charge on any atom is -0.338 e. The highest BCUT2D eigenvalue weighted by Crippen LogP contribution is 2.05. The quantitative estimate of drug-likeness (QED) is 0.864. The van der Waals surface area contributed by atoms with E-state index >= 15 is 0 Å². The van der Waals surface area contributed by atoms with Crippen molar-refractivity contribution in [1.29, 1.82) is 0 Å². The van der Waals surface area contributed by atoms with Gasteiger partial charge in [0, 0.05) is 26.1 Å². The Morgan fingerprint density at radius 2 is 2.04 bits per heavy atom. The minimum atomic E-state index is -0.495. The van der Waals surface area contributed by atoms with Crippen LogP contribution in [0.1, 0.15) is 18.9 Å². The van der Waals surface area contributed by atoms with E-state index in [1.165, 1.54) is 0 Å². The smallest absolute Gasteiger partial charge is 0.324 e. The molecular formula is C17H21N3O3. The molecule has 1 heterocycles. The fourth-order valence-electron chi connectivity index (χ4n) is 2.30. The fraction of sp³-hybridized carbons (Fsp3) is 0.353. The van der Waals surface area contributed by atoms with E-state index in [1.807, 2.05) is 49.4 Å². The second kappa shape index (κ2) is 8.12. The highest BCUT2D eigenvalue weighted by atomic mass is 16.2. The van der Waals surface area contributed by atoms with Crippen molar-refractivity contribution < 1.29 is 14.4 Å². The van der Waals surface area contributed by atoms with Gasteiger partial charge in [0.2, 0.25) is 11.8 Å². The van der Waals surface area contributed by atoms with Gasteiger partial charge in [-0.05, 0) is 12.5 Å². The monoisotopic (exact) mass is 315 g/mol. The van der Waals surface area contributed by atoms with Crippen LogP contribution in [0.15, 0.2) is 36.4 Å². The van der Waals surface area contributed by atoms with E-state index in [1.54, 1.807) is 4.90 Å². The molecule has 0 aliphatic carbocycles. The number of imide groups is 1. The summed E-state index contributed by atoms with van der Waals surface area (Å²) in [4.78, 5) is 38.3. The number of nitrogens with zero attached hydrogens (tertiary/aromatic N) is 2. The third-order valence-corrected chi connectivity index (χ3v) is 3.62. The summed E-state index contributed by atoms with van der Waals surface area (Å²) in [5.74, 6) is -0.548. The normalized spacial score (nSPS) is 14.9. The van der Waals surface area contributed by atoms with Crippen molar-refractivity contribution in [3.63, 3.8) is 0 Å². The molecule has 2 rings (SSSR count). The number of carbonyl (C=O) groups is 3. The van der Waals surface area contributed by atoms with Crippen molar-refractivity contribution >= 4 is 23.9 Å².